The van der Waals surface area contributed by atoms with E-state index in [1.54, 1.807) is 0 Å². The molecule has 0 fully saturated rings. The predicted octanol–water partition coefficient (Wildman–Crippen LogP) is 5.54. The van der Waals surface area contributed by atoms with Gasteiger partial charge in [-0.1, -0.05) is 68.0 Å². The van der Waals surface area contributed by atoms with Gasteiger partial charge in [-0.15, -0.1) is 0 Å². The fourth-order valence-electron chi connectivity index (χ4n) is 3.34. The Morgan fingerprint density at radius 3 is 2.59 bits per heavy atom. The Morgan fingerprint density at radius 2 is 1.77 bits per heavy atom. The van der Waals surface area contributed by atoms with Gasteiger partial charge in [0.2, 0.25) is 0 Å². The van der Waals surface area contributed by atoms with Crippen LogP contribution in [-0.4, -0.2) is 6.54 Å². The van der Waals surface area contributed by atoms with Gasteiger partial charge in [-0.05, 0) is 42.5 Å². The van der Waals surface area contributed by atoms with Crippen molar-refractivity contribution in [1.29, 1.82) is 0 Å². The van der Waals surface area contributed by atoms with Crippen molar-refractivity contribution < 1.29 is 0 Å². The highest BCUT2D eigenvalue weighted by Crippen LogP contribution is 2.35. The highest BCUT2D eigenvalue weighted by Gasteiger charge is 2.26. The Bertz CT molecular complexity index is 615. The molecule has 2 aromatic rings. The van der Waals surface area contributed by atoms with Crippen molar-refractivity contribution in [3.8, 4) is 0 Å². The second kappa shape index (κ2) is 7.31. The minimum absolute atomic E-state index is 0.459. The van der Waals surface area contributed by atoms with Gasteiger partial charge in [0.25, 0.3) is 0 Å². The summed E-state index contributed by atoms with van der Waals surface area (Å²) in [5.74, 6) is 0. The lowest BCUT2D eigenvalue weighted by molar-refractivity contribution is 0.587. The lowest BCUT2D eigenvalue weighted by Crippen LogP contribution is -2.35. The highest BCUT2D eigenvalue weighted by atomic mass is 15.2. The van der Waals surface area contributed by atoms with E-state index in [0.29, 0.717) is 6.04 Å². The second-order valence-electron chi connectivity index (χ2n) is 5.99. The average Bonchev–Trinajstić information content (AvgIpc) is 2.59. The summed E-state index contributed by atoms with van der Waals surface area (Å²) in [6.45, 7) is 3.34. The molecule has 1 heterocycles. The first-order valence-corrected chi connectivity index (χ1v) is 8.44. The van der Waals surface area contributed by atoms with Gasteiger partial charge in [-0.2, -0.15) is 0 Å². The van der Waals surface area contributed by atoms with Gasteiger partial charge in [-0.25, -0.2) is 0 Å². The molecule has 0 radical (unpaired) electrons. The van der Waals surface area contributed by atoms with Gasteiger partial charge in [0, 0.05) is 12.2 Å². The number of fused-ring (bicyclic) bond motifs is 1. The van der Waals surface area contributed by atoms with Crippen LogP contribution in [0.1, 0.15) is 43.4 Å². The maximum Gasteiger partial charge on any atom is 0.0579 e. The summed E-state index contributed by atoms with van der Waals surface area (Å²) in [5.41, 5.74) is 4.35. The van der Waals surface area contributed by atoms with Gasteiger partial charge in [0.15, 0.2) is 0 Å². The first-order valence-electron chi connectivity index (χ1n) is 8.44. The second-order valence-corrected chi connectivity index (χ2v) is 5.99. The van der Waals surface area contributed by atoms with Crippen LogP contribution in [0.25, 0.3) is 0 Å². The van der Waals surface area contributed by atoms with Crippen molar-refractivity contribution in [3.63, 3.8) is 0 Å². The molecule has 0 spiro atoms. The monoisotopic (exact) mass is 291 g/mol. The van der Waals surface area contributed by atoms with E-state index >= 15 is 0 Å². The number of anilines is 1. The van der Waals surface area contributed by atoms with Gasteiger partial charge in [0.05, 0.1) is 6.04 Å². The van der Waals surface area contributed by atoms with Crippen LogP contribution >= 0.6 is 0 Å². The molecule has 2 aromatic carbocycles. The van der Waals surface area contributed by atoms with E-state index in [2.05, 4.69) is 78.6 Å². The molecule has 0 N–H and O–H groups in total. The van der Waals surface area contributed by atoms with Crippen LogP contribution in [0.15, 0.2) is 66.7 Å². The fraction of sp³-hybridized carbons (Fsp3) is 0.333. The van der Waals surface area contributed by atoms with Crippen LogP contribution in [0.4, 0.5) is 5.69 Å². The van der Waals surface area contributed by atoms with Crippen LogP contribution in [0.2, 0.25) is 0 Å². The molecule has 1 nitrogen and oxygen atoms in total. The van der Waals surface area contributed by atoms with E-state index in [1.807, 2.05) is 0 Å². The molecule has 0 amide bonds. The maximum absolute atomic E-state index is 2.57. The van der Waals surface area contributed by atoms with E-state index in [4.69, 9.17) is 0 Å². The molecule has 0 aliphatic carbocycles. The summed E-state index contributed by atoms with van der Waals surface area (Å²) in [6, 6.07) is 20.2. The number of para-hydroxylation sites is 1. The van der Waals surface area contributed by atoms with E-state index in [-0.39, 0.29) is 0 Å². The van der Waals surface area contributed by atoms with Gasteiger partial charge < -0.3 is 4.90 Å². The largest absolute Gasteiger partial charge is 0.364 e. The van der Waals surface area contributed by atoms with Gasteiger partial charge >= 0.3 is 0 Å². The molecule has 114 valence electrons. The number of allylic oxidation sites excluding steroid dienone is 1. The third-order valence-corrected chi connectivity index (χ3v) is 4.48. The number of nitrogens with zero attached hydrogens (tertiary/aromatic N) is 1. The molecular formula is C21H25N. The number of hydrogen-bond acceptors (Lipinski definition) is 1. The summed E-state index contributed by atoms with van der Waals surface area (Å²) in [7, 11) is 0. The molecule has 1 unspecified atom stereocenters. The Kier molecular flexibility index (Phi) is 4.95. The first kappa shape index (κ1) is 14.9. The molecule has 0 saturated carbocycles. The molecular weight excluding hydrogens is 266 g/mol. The molecule has 3 rings (SSSR count). The minimum atomic E-state index is 0.459. The highest BCUT2D eigenvalue weighted by molar-refractivity contribution is 5.52. The smallest absolute Gasteiger partial charge is 0.0579 e. The van der Waals surface area contributed by atoms with Crippen molar-refractivity contribution in [1.82, 2.24) is 0 Å². The topological polar surface area (TPSA) is 3.24 Å². The van der Waals surface area contributed by atoms with Crippen molar-refractivity contribution >= 4 is 5.69 Å². The summed E-state index contributed by atoms with van der Waals surface area (Å²) >= 11 is 0. The summed E-state index contributed by atoms with van der Waals surface area (Å²) < 4.78 is 0. The lowest BCUT2D eigenvalue weighted by atomic mass is 9.90. The first-order chi connectivity index (χ1) is 10.9. The van der Waals surface area contributed by atoms with Crippen LogP contribution in [0.3, 0.4) is 0 Å². The van der Waals surface area contributed by atoms with E-state index in [1.165, 1.54) is 29.7 Å². The zero-order valence-electron chi connectivity index (χ0n) is 13.4. The zero-order valence-corrected chi connectivity index (χ0v) is 13.4. The van der Waals surface area contributed by atoms with Gasteiger partial charge in [-0.3, -0.25) is 0 Å². The van der Waals surface area contributed by atoms with E-state index in [0.717, 1.165) is 19.4 Å². The lowest BCUT2D eigenvalue weighted by Gasteiger charge is -2.38. The van der Waals surface area contributed by atoms with Crippen LogP contribution in [0, 0.1) is 0 Å². The Morgan fingerprint density at radius 1 is 1.00 bits per heavy atom. The molecule has 1 aliphatic heterocycles. The fourth-order valence-corrected chi connectivity index (χ4v) is 3.34. The number of unbranched alkanes of at least 4 members (excludes halogenated alkanes) is 1. The van der Waals surface area contributed by atoms with Crippen LogP contribution in [0.5, 0.6) is 0 Å². The summed E-state index contributed by atoms with van der Waals surface area (Å²) in [6.07, 6.45) is 9.33. The number of hydrogen-bond donors (Lipinski definition) is 0. The van der Waals surface area contributed by atoms with Crippen molar-refractivity contribution in [2.45, 2.75) is 38.6 Å². The quantitative estimate of drug-likeness (QED) is 0.654. The number of benzene rings is 2. The standard InChI is InChI=1S/C21H25N/c1-2-3-4-8-15-21-20-14-10-9-11-18(20)16-17-22(21)19-12-6-5-7-13-19/h4-14,21H,2-3,15-17H2,1H3/b8-4-. The Balaban J connectivity index is 1.89. The predicted molar refractivity (Wildman–Crippen MR) is 95.3 cm³/mol. The number of rotatable bonds is 5. The maximum atomic E-state index is 2.57. The zero-order chi connectivity index (χ0) is 15.2. The average molecular weight is 291 g/mol. The van der Waals surface area contributed by atoms with E-state index in [9.17, 15) is 0 Å². The normalized spacial score (nSPS) is 17.7. The molecule has 1 atom stereocenters. The summed E-state index contributed by atoms with van der Waals surface area (Å²) in [5, 5.41) is 0. The SMILES string of the molecule is CCC/C=C\CC1c2ccccc2CCN1c1ccccc1. The van der Waals surface area contributed by atoms with Crippen molar-refractivity contribution in [2.75, 3.05) is 11.4 Å². The molecule has 0 bridgehead atoms. The van der Waals surface area contributed by atoms with Crippen molar-refractivity contribution in [2.24, 2.45) is 0 Å². The molecule has 1 heteroatoms. The van der Waals surface area contributed by atoms with Crippen LogP contribution < -0.4 is 4.90 Å². The molecule has 0 saturated heterocycles. The third-order valence-electron chi connectivity index (χ3n) is 4.48. The third kappa shape index (κ3) is 3.24. The Labute approximate surface area is 134 Å². The van der Waals surface area contributed by atoms with E-state index < -0.39 is 0 Å². The van der Waals surface area contributed by atoms with Crippen LogP contribution in [-0.2, 0) is 6.42 Å². The Hall–Kier alpha value is -2.02. The molecule has 1 aliphatic rings. The molecule has 22 heavy (non-hydrogen) atoms. The van der Waals surface area contributed by atoms with Crippen molar-refractivity contribution in [3.05, 3.63) is 77.9 Å². The summed E-state index contributed by atoms with van der Waals surface area (Å²) in [4.78, 5) is 2.57. The minimum Gasteiger partial charge on any atom is -0.364 e. The van der Waals surface area contributed by atoms with Gasteiger partial charge in [0.1, 0.15) is 0 Å². The molecule has 0 aromatic heterocycles.